The molecule has 0 saturated carbocycles. The van der Waals surface area contributed by atoms with E-state index in [9.17, 15) is 14.8 Å². The Morgan fingerprint density at radius 1 is 1.47 bits per heavy atom. The molecule has 2 N–H and O–H groups in total. The van der Waals surface area contributed by atoms with Crippen LogP contribution in [0.25, 0.3) is 11.0 Å². The number of benzene rings is 1. The van der Waals surface area contributed by atoms with E-state index in [0.717, 1.165) is 0 Å². The number of anilines is 1. The van der Waals surface area contributed by atoms with E-state index in [1.807, 2.05) is 0 Å². The minimum Gasteiger partial charge on any atom is -0.803 e. The molecule has 88 valence electrons. The first-order valence-corrected chi connectivity index (χ1v) is 4.97. The van der Waals surface area contributed by atoms with Crippen molar-refractivity contribution in [1.29, 1.82) is 0 Å². The minimum atomic E-state index is -0.293. The van der Waals surface area contributed by atoms with E-state index in [0.29, 0.717) is 21.3 Å². The van der Waals surface area contributed by atoms with Gasteiger partial charge in [0, 0.05) is 5.56 Å². The normalized spacial score (nSPS) is 10.6. The van der Waals surface area contributed by atoms with Crippen LogP contribution in [0.3, 0.4) is 0 Å². The zero-order valence-electron chi connectivity index (χ0n) is 9.14. The first-order valence-electron chi connectivity index (χ1n) is 4.97. The third kappa shape index (κ3) is 1.96. The lowest BCUT2D eigenvalue weighted by atomic mass is 10.1. The molecule has 0 radical (unpaired) electrons. The van der Waals surface area contributed by atoms with Crippen LogP contribution in [-0.4, -0.2) is 21.3 Å². The largest absolute Gasteiger partial charge is 0.803 e. The molecule has 6 heteroatoms. The molecule has 0 aliphatic heterocycles. The molecule has 0 saturated heterocycles. The van der Waals surface area contributed by atoms with Crippen LogP contribution in [0, 0.1) is 5.21 Å². The Hall–Kier alpha value is -2.37. The number of Topliss-reactive ketones (excluding diaryl/α,β-unsaturated/α-hetero) is 2. The standard InChI is InChI=1S/C11H10N3O3/c1-6(15)4-10(16)7-2-3-9-8(5-7)13-11(12)14(9)17/h2-3,5H,4H2,1H3,(H2,12,13)/q-1. The molecular formula is C11H10N3O3-. The first-order chi connectivity index (χ1) is 7.99. The van der Waals surface area contributed by atoms with Gasteiger partial charge in [-0.25, -0.2) is 4.98 Å². The summed E-state index contributed by atoms with van der Waals surface area (Å²) in [5.74, 6) is -0.654. The van der Waals surface area contributed by atoms with Crippen molar-refractivity contribution in [2.24, 2.45) is 0 Å². The van der Waals surface area contributed by atoms with Crippen molar-refractivity contribution in [2.45, 2.75) is 13.3 Å². The minimum absolute atomic E-state index is 0.154. The molecule has 0 unspecified atom stereocenters. The van der Waals surface area contributed by atoms with Crippen molar-refractivity contribution in [3.05, 3.63) is 29.0 Å². The van der Waals surface area contributed by atoms with Gasteiger partial charge in [0.2, 0.25) is 0 Å². The molecule has 2 aromatic rings. The molecule has 2 rings (SSSR count). The van der Waals surface area contributed by atoms with E-state index >= 15 is 0 Å². The third-order valence-corrected chi connectivity index (χ3v) is 2.37. The highest BCUT2D eigenvalue weighted by atomic mass is 16.5. The van der Waals surface area contributed by atoms with Gasteiger partial charge in [-0.05, 0) is 25.1 Å². The fraction of sp³-hybridized carbons (Fsp3) is 0.182. The Labute approximate surface area is 96.6 Å². The lowest BCUT2D eigenvalue weighted by Gasteiger charge is -2.08. The highest BCUT2D eigenvalue weighted by Gasteiger charge is 2.11. The third-order valence-electron chi connectivity index (χ3n) is 2.37. The van der Waals surface area contributed by atoms with E-state index in [-0.39, 0.29) is 23.9 Å². The number of hydrogen-bond donors (Lipinski definition) is 1. The molecule has 0 spiro atoms. The topological polar surface area (TPSA) is 101 Å². The van der Waals surface area contributed by atoms with Crippen LogP contribution in [0.2, 0.25) is 0 Å². The Kier molecular flexibility index (Phi) is 2.55. The molecule has 1 heterocycles. The van der Waals surface area contributed by atoms with Gasteiger partial charge in [0.05, 0.1) is 17.5 Å². The van der Waals surface area contributed by atoms with Crippen LogP contribution >= 0.6 is 0 Å². The molecule has 0 amide bonds. The van der Waals surface area contributed by atoms with Gasteiger partial charge in [0.25, 0.3) is 0 Å². The average molecular weight is 232 g/mol. The number of carbonyl (C=O) groups is 2. The number of imidazole rings is 1. The van der Waals surface area contributed by atoms with Crippen LogP contribution in [0.4, 0.5) is 5.95 Å². The van der Waals surface area contributed by atoms with E-state index < -0.39 is 0 Å². The smallest absolute Gasteiger partial charge is 0.196 e. The highest BCUT2D eigenvalue weighted by Crippen LogP contribution is 2.18. The number of nitrogens with two attached hydrogens (primary N) is 1. The quantitative estimate of drug-likeness (QED) is 0.631. The molecule has 1 aromatic heterocycles. The molecule has 0 atom stereocenters. The Bertz CT molecular complexity index is 616. The van der Waals surface area contributed by atoms with Gasteiger partial charge in [-0.1, -0.05) is 0 Å². The summed E-state index contributed by atoms with van der Waals surface area (Å²) in [6, 6.07) is 4.42. The summed E-state index contributed by atoms with van der Waals surface area (Å²) in [7, 11) is 0. The maximum absolute atomic E-state index is 11.6. The summed E-state index contributed by atoms with van der Waals surface area (Å²) >= 11 is 0. The molecule has 1 aromatic carbocycles. The predicted molar refractivity (Wildman–Crippen MR) is 62.5 cm³/mol. The average Bonchev–Trinajstić information content (AvgIpc) is 2.53. The summed E-state index contributed by atoms with van der Waals surface area (Å²) in [6.07, 6.45) is -0.154. The highest BCUT2D eigenvalue weighted by molar-refractivity contribution is 6.08. The Morgan fingerprint density at radius 2 is 2.18 bits per heavy atom. The monoisotopic (exact) mass is 232 g/mol. The molecular weight excluding hydrogens is 222 g/mol. The van der Waals surface area contributed by atoms with Gasteiger partial charge >= 0.3 is 0 Å². The van der Waals surface area contributed by atoms with E-state index in [1.165, 1.54) is 25.1 Å². The summed E-state index contributed by atoms with van der Waals surface area (Å²) in [5.41, 5.74) is 6.37. The number of aromatic nitrogens is 2. The van der Waals surface area contributed by atoms with Gasteiger partial charge in [-0.15, -0.1) is 0 Å². The Balaban J connectivity index is 2.45. The zero-order valence-corrected chi connectivity index (χ0v) is 9.14. The maximum atomic E-state index is 11.6. The van der Waals surface area contributed by atoms with Gasteiger partial charge in [-0.2, -0.15) is 0 Å². The van der Waals surface area contributed by atoms with E-state index in [2.05, 4.69) is 4.98 Å². The van der Waals surface area contributed by atoms with Crippen LogP contribution in [0.1, 0.15) is 23.7 Å². The molecule has 6 nitrogen and oxygen atoms in total. The van der Waals surface area contributed by atoms with Gasteiger partial charge in [0.1, 0.15) is 5.78 Å². The molecule has 0 bridgehead atoms. The second-order valence-corrected chi connectivity index (χ2v) is 3.77. The predicted octanol–water partition coefficient (Wildman–Crippen LogP) is 1.13. The number of fused-ring (bicyclic) bond motifs is 1. The fourth-order valence-electron chi connectivity index (χ4n) is 1.58. The number of nitrogen functional groups attached to an aromatic ring is 1. The number of carbonyl (C=O) groups excluding carboxylic acids is 2. The second-order valence-electron chi connectivity index (χ2n) is 3.77. The van der Waals surface area contributed by atoms with Crippen molar-refractivity contribution < 1.29 is 9.59 Å². The van der Waals surface area contributed by atoms with E-state index in [1.54, 1.807) is 0 Å². The lowest BCUT2D eigenvalue weighted by molar-refractivity contribution is -0.116. The molecule has 0 aliphatic carbocycles. The van der Waals surface area contributed by atoms with Gasteiger partial charge in [-0.3, -0.25) is 9.59 Å². The fourth-order valence-corrected chi connectivity index (χ4v) is 1.58. The summed E-state index contributed by atoms with van der Waals surface area (Å²) in [5, 5.41) is 11.4. The summed E-state index contributed by atoms with van der Waals surface area (Å²) in [6.45, 7) is 1.35. The lowest BCUT2D eigenvalue weighted by Crippen LogP contribution is -2.04. The SMILES string of the molecule is CC(=O)CC(=O)c1ccc2c(c1)nc(N)n2[O-]. The number of hydrogen-bond acceptors (Lipinski definition) is 5. The van der Waals surface area contributed by atoms with Crippen molar-refractivity contribution in [3.63, 3.8) is 0 Å². The van der Waals surface area contributed by atoms with E-state index in [4.69, 9.17) is 5.73 Å². The van der Waals surface area contributed by atoms with Crippen molar-refractivity contribution >= 4 is 28.5 Å². The number of rotatable bonds is 3. The van der Waals surface area contributed by atoms with Gasteiger partial charge < -0.3 is 15.7 Å². The number of ketones is 2. The first kappa shape index (κ1) is 11.1. The second kappa shape index (κ2) is 3.89. The molecule has 0 aliphatic rings. The van der Waals surface area contributed by atoms with Crippen molar-refractivity contribution in [1.82, 2.24) is 9.71 Å². The number of nitrogens with zero attached hydrogens (tertiary/aromatic N) is 2. The summed E-state index contributed by atoms with van der Waals surface area (Å²) < 4.78 is 0.495. The van der Waals surface area contributed by atoms with Gasteiger partial charge in [0.15, 0.2) is 11.7 Å². The van der Waals surface area contributed by atoms with Crippen molar-refractivity contribution in [2.75, 3.05) is 5.73 Å². The van der Waals surface area contributed by atoms with Crippen LogP contribution in [-0.2, 0) is 4.79 Å². The maximum Gasteiger partial charge on any atom is 0.196 e. The summed E-state index contributed by atoms with van der Waals surface area (Å²) in [4.78, 5) is 26.3. The Morgan fingerprint density at radius 3 is 2.82 bits per heavy atom. The molecule has 17 heavy (non-hydrogen) atoms. The molecule has 0 fully saturated rings. The van der Waals surface area contributed by atoms with Crippen LogP contribution < -0.4 is 5.73 Å². The van der Waals surface area contributed by atoms with Crippen molar-refractivity contribution in [3.8, 4) is 0 Å². The van der Waals surface area contributed by atoms with Crippen LogP contribution in [0.15, 0.2) is 18.2 Å². The van der Waals surface area contributed by atoms with Crippen LogP contribution in [0.5, 0.6) is 0 Å². The zero-order chi connectivity index (χ0) is 12.6.